The van der Waals surface area contributed by atoms with Gasteiger partial charge in [-0.25, -0.2) is 8.42 Å². The molecule has 1 amide bonds. The molecule has 0 fully saturated rings. The van der Waals surface area contributed by atoms with Crippen LogP contribution in [0.2, 0.25) is 15.1 Å². The molecule has 0 aliphatic carbocycles. The molecule has 3 aromatic carbocycles. The lowest BCUT2D eigenvalue weighted by Gasteiger charge is -2.11. The Morgan fingerprint density at radius 2 is 1.65 bits per heavy atom. The topological polar surface area (TPSA) is 93.1 Å². The van der Waals surface area contributed by atoms with Crippen LogP contribution in [0.4, 0.5) is 11.4 Å². The van der Waals surface area contributed by atoms with Crippen LogP contribution < -0.4 is 10.0 Å². The van der Waals surface area contributed by atoms with E-state index < -0.39 is 10.0 Å². The van der Waals surface area contributed by atoms with E-state index in [9.17, 15) is 13.2 Å². The summed E-state index contributed by atoms with van der Waals surface area (Å²) in [4.78, 5) is 12.7. The molecule has 0 unspecified atom stereocenters. The number of carbonyl (C=O) groups excluding carboxylic acids is 1. The number of rotatable bonds is 7. The lowest BCUT2D eigenvalue weighted by Crippen LogP contribution is -2.14. The molecule has 0 aliphatic heterocycles. The third kappa shape index (κ3) is 5.90. The Hall–Kier alpha value is -3.04. The van der Waals surface area contributed by atoms with Gasteiger partial charge in [-0.1, -0.05) is 46.9 Å². The van der Waals surface area contributed by atoms with Crippen LogP contribution in [0.1, 0.15) is 15.9 Å². The third-order valence-electron chi connectivity index (χ3n) is 4.73. The SMILES string of the molecule is O=C(Nc1ccc(S(=O)(=O)Nc2ccc(Cl)c(Cl)c2)cc1)c1cccc(Cn2cc(Cl)cn2)c1. The molecule has 0 bridgehead atoms. The fourth-order valence-corrected chi connectivity index (χ4v) is 4.62. The largest absolute Gasteiger partial charge is 0.322 e. The molecule has 7 nitrogen and oxygen atoms in total. The Morgan fingerprint density at radius 1 is 0.912 bits per heavy atom. The Balaban J connectivity index is 1.43. The van der Waals surface area contributed by atoms with Gasteiger partial charge in [-0.05, 0) is 60.2 Å². The van der Waals surface area contributed by atoms with Gasteiger partial charge in [0.25, 0.3) is 15.9 Å². The van der Waals surface area contributed by atoms with Gasteiger partial charge in [0.2, 0.25) is 0 Å². The van der Waals surface area contributed by atoms with Gasteiger partial charge in [0, 0.05) is 17.4 Å². The van der Waals surface area contributed by atoms with Crippen LogP contribution in [0, 0.1) is 0 Å². The average Bonchev–Trinajstić information content (AvgIpc) is 3.21. The number of amides is 1. The first-order valence-electron chi connectivity index (χ1n) is 9.86. The number of hydrogen-bond acceptors (Lipinski definition) is 4. The van der Waals surface area contributed by atoms with Crippen molar-refractivity contribution < 1.29 is 13.2 Å². The number of anilines is 2. The van der Waals surface area contributed by atoms with Crippen molar-refractivity contribution >= 4 is 62.1 Å². The van der Waals surface area contributed by atoms with Gasteiger partial charge in [-0.3, -0.25) is 14.2 Å². The minimum absolute atomic E-state index is 0.0245. The van der Waals surface area contributed by atoms with Gasteiger partial charge in [0.15, 0.2) is 0 Å². The normalized spacial score (nSPS) is 11.3. The van der Waals surface area contributed by atoms with Crippen molar-refractivity contribution in [2.75, 3.05) is 10.0 Å². The van der Waals surface area contributed by atoms with E-state index in [0.29, 0.717) is 27.8 Å². The lowest BCUT2D eigenvalue weighted by atomic mass is 10.1. The summed E-state index contributed by atoms with van der Waals surface area (Å²) >= 11 is 17.7. The van der Waals surface area contributed by atoms with Crippen LogP contribution in [0.5, 0.6) is 0 Å². The van der Waals surface area contributed by atoms with Crippen molar-refractivity contribution in [3.05, 3.63) is 105 Å². The summed E-state index contributed by atoms with van der Waals surface area (Å²) in [7, 11) is -3.86. The number of hydrogen-bond donors (Lipinski definition) is 2. The van der Waals surface area contributed by atoms with Gasteiger partial charge in [0.05, 0.1) is 38.4 Å². The molecule has 0 spiro atoms. The van der Waals surface area contributed by atoms with E-state index in [2.05, 4.69) is 15.1 Å². The van der Waals surface area contributed by atoms with Gasteiger partial charge in [-0.2, -0.15) is 5.10 Å². The molecule has 11 heteroatoms. The highest BCUT2D eigenvalue weighted by Gasteiger charge is 2.15. The molecule has 1 heterocycles. The maximum Gasteiger partial charge on any atom is 0.261 e. The fourth-order valence-electron chi connectivity index (χ4n) is 3.12. The van der Waals surface area contributed by atoms with E-state index in [-0.39, 0.29) is 21.5 Å². The molecule has 0 radical (unpaired) electrons. The summed E-state index contributed by atoms with van der Waals surface area (Å²) in [5.41, 5.74) is 2.06. The summed E-state index contributed by atoms with van der Waals surface area (Å²) in [6, 6.07) is 17.3. The van der Waals surface area contributed by atoms with Crippen LogP contribution in [0.3, 0.4) is 0 Å². The van der Waals surface area contributed by atoms with E-state index >= 15 is 0 Å². The Kier molecular flexibility index (Phi) is 7.13. The van der Waals surface area contributed by atoms with E-state index in [4.69, 9.17) is 34.8 Å². The second kappa shape index (κ2) is 10.1. The number of benzene rings is 3. The van der Waals surface area contributed by atoms with E-state index in [1.807, 2.05) is 6.07 Å². The maximum atomic E-state index is 12.7. The molecule has 2 N–H and O–H groups in total. The zero-order valence-electron chi connectivity index (χ0n) is 17.4. The highest BCUT2D eigenvalue weighted by atomic mass is 35.5. The second-order valence-corrected chi connectivity index (χ2v) is 10.2. The number of sulfonamides is 1. The zero-order chi connectivity index (χ0) is 24.3. The van der Waals surface area contributed by atoms with Gasteiger partial charge in [-0.15, -0.1) is 0 Å². The molecule has 0 aliphatic rings. The zero-order valence-corrected chi connectivity index (χ0v) is 20.5. The summed E-state index contributed by atoms with van der Waals surface area (Å²) < 4.78 is 29.4. The summed E-state index contributed by atoms with van der Waals surface area (Å²) in [5.74, 6) is -0.329. The molecular weight excluding hydrogens is 519 g/mol. The van der Waals surface area contributed by atoms with Crippen molar-refractivity contribution in [3.8, 4) is 0 Å². The molecule has 34 heavy (non-hydrogen) atoms. The van der Waals surface area contributed by atoms with Crippen molar-refractivity contribution in [2.24, 2.45) is 0 Å². The van der Waals surface area contributed by atoms with Crippen LogP contribution in [0.15, 0.2) is 84.0 Å². The second-order valence-electron chi connectivity index (χ2n) is 7.27. The molecule has 0 saturated heterocycles. The highest BCUT2D eigenvalue weighted by Crippen LogP contribution is 2.27. The molecule has 4 rings (SSSR count). The number of aromatic nitrogens is 2. The standard InChI is InChI=1S/C23H17Cl3N4O3S/c24-17-12-27-30(14-17)13-15-2-1-3-16(10-15)23(31)28-18-4-7-20(8-5-18)34(32,33)29-19-6-9-21(25)22(26)11-19/h1-12,14,29H,13H2,(H,28,31). The van der Waals surface area contributed by atoms with Crippen molar-refractivity contribution in [2.45, 2.75) is 11.4 Å². The van der Waals surface area contributed by atoms with Gasteiger partial charge >= 0.3 is 0 Å². The third-order valence-corrected chi connectivity index (χ3v) is 7.06. The van der Waals surface area contributed by atoms with Crippen LogP contribution in [-0.2, 0) is 16.6 Å². The molecular formula is C23H17Cl3N4O3S. The van der Waals surface area contributed by atoms with E-state index in [0.717, 1.165) is 5.56 Å². The predicted octanol–water partition coefficient (Wildman–Crippen LogP) is 5.94. The van der Waals surface area contributed by atoms with E-state index in [1.165, 1.54) is 42.5 Å². The summed E-state index contributed by atoms with van der Waals surface area (Å²) in [6.07, 6.45) is 3.24. The van der Waals surface area contributed by atoms with E-state index in [1.54, 1.807) is 35.3 Å². The monoisotopic (exact) mass is 534 g/mol. The molecule has 0 saturated carbocycles. The molecule has 174 valence electrons. The average molecular weight is 536 g/mol. The Bertz CT molecular complexity index is 1450. The quantitative estimate of drug-likeness (QED) is 0.306. The fraction of sp³-hybridized carbons (Fsp3) is 0.0435. The van der Waals surface area contributed by atoms with Crippen LogP contribution in [-0.4, -0.2) is 24.1 Å². The molecule has 0 atom stereocenters. The Labute approximate surface area is 211 Å². The van der Waals surface area contributed by atoms with Crippen molar-refractivity contribution in [1.82, 2.24) is 9.78 Å². The lowest BCUT2D eigenvalue weighted by molar-refractivity contribution is 0.102. The van der Waals surface area contributed by atoms with Crippen molar-refractivity contribution in [3.63, 3.8) is 0 Å². The first-order valence-corrected chi connectivity index (χ1v) is 12.5. The minimum Gasteiger partial charge on any atom is -0.322 e. The number of nitrogens with zero attached hydrogens (tertiary/aromatic N) is 2. The minimum atomic E-state index is -3.86. The predicted molar refractivity (Wildman–Crippen MR) is 134 cm³/mol. The smallest absolute Gasteiger partial charge is 0.261 e. The van der Waals surface area contributed by atoms with Gasteiger partial charge in [0.1, 0.15) is 0 Å². The number of carbonyl (C=O) groups is 1. The Morgan fingerprint density at radius 3 is 2.32 bits per heavy atom. The summed E-state index contributed by atoms with van der Waals surface area (Å²) in [5, 5.41) is 7.99. The first-order chi connectivity index (χ1) is 16.2. The summed E-state index contributed by atoms with van der Waals surface area (Å²) in [6.45, 7) is 0.465. The highest BCUT2D eigenvalue weighted by molar-refractivity contribution is 7.92. The van der Waals surface area contributed by atoms with Gasteiger partial charge < -0.3 is 5.32 Å². The first kappa shape index (κ1) is 24.1. The van der Waals surface area contributed by atoms with Crippen LogP contribution in [0.25, 0.3) is 0 Å². The van der Waals surface area contributed by atoms with Crippen LogP contribution >= 0.6 is 34.8 Å². The maximum absolute atomic E-state index is 12.7. The number of halogens is 3. The number of nitrogens with one attached hydrogen (secondary N) is 2. The van der Waals surface area contributed by atoms with Crippen molar-refractivity contribution in [1.29, 1.82) is 0 Å². The molecule has 1 aromatic heterocycles. The molecule has 4 aromatic rings.